The molecule has 2 aromatic rings. The second kappa shape index (κ2) is 6.83. The predicted octanol–water partition coefficient (Wildman–Crippen LogP) is 3.46. The van der Waals surface area contributed by atoms with Crippen LogP contribution in [0, 0.1) is 5.82 Å². The molecule has 0 saturated heterocycles. The van der Waals surface area contributed by atoms with Crippen molar-refractivity contribution < 1.29 is 13.9 Å². The predicted molar refractivity (Wildman–Crippen MR) is 91.4 cm³/mol. The molecule has 0 fully saturated rings. The number of ether oxygens (including phenoxy) is 2. The summed E-state index contributed by atoms with van der Waals surface area (Å²) in [7, 11) is 0. The summed E-state index contributed by atoms with van der Waals surface area (Å²) < 4.78 is 23.9. The van der Waals surface area contributed by atoms with Gasteiger partial charge in [0.2, 0.25) is 6.79 Å². The number of nitrogens with one attached hydrogen (secondary N) is 1. The highest BCUT2D eigenvalue weighted by Crippen LogP contribution is 2.33. The van der Waals surface area contributed by atoms with Gasteiger partial charge in [-0.1, -0.05) is 6.07 Å². The van der Waals surface area contributed by atoms with Crippen LogP contribution in [0.5, 0.6) is 11.5 Å². The van der Waals surface area contributed by atoms with Crippen molar-refractivity contribution in [1.29, 1.82) is 0 Å². The van der Waals surface area contributed by atoms with Crippen LogP contribution in [0.25, 0.3) is 0 Å². The molecule has 0 aromatic heterocycles. The van der Waals surface area contributed by atoms with Gasteiger partial charge in [-0.2, -0.15) is 0 Å². The molecule has 1 aliphatic heterocycles. The molecule has 0 bridgehead atoms. The molecule has 1 aliphatic rings. The number of halogens is 1. The Morgan fingerprint density at radius 1 is 1.17 bits per heavy atom. The Hall–Kier alpha value is -2.34. The summed E-state index contributed by atoms with van der Waals surface area (Å²) in [6, 6.07) is 12.1. The Balaban J connectivity index is 1.86. The molecule has 0 saturated carbocycles. The fourth-order valence-corrected chi connectivity index (χ4v) is 2.68. The summed E-state index contributed by atoms with van der Waals surface area (Å²) in [5.41, 5.74) is 1.86. The van der Waals surface area contributed by atoms with Gasteiger partial charge >= 0.3 is 0 Å². The average Bonchev–Trinajstić information content (AvgIpc) is 3.01. The van der Waals surface area contributed by atoms with E-state index in [0.717, 1.165) is 29.3 Å². The summed E-state index contributed by atoms with van der Waals surface area (Å²) in [6.45, 7) is 3.50. The van der Waals surface area contributed by atoms with Crippen molar-refractivity contribution in [1.82, 2.24) is 5.32 Å². The van der Waals surface area contributed by atoms with Crippen molar-refractivity contribution in [3.63, 3.8) is 0 Å². The zero-order chi connectivity index (χ0) is 16.2. The lowest BCUT2D eigenvalue weighted by molar-refractivity contribution is 0.174. The molecule has 0 radical (unpaired) electrons. The zero-order valence-corrected chi connectivity index (χ0v) is 13.5. The molecule has 3 rings (SSSR count). The van der Waals surface area contributed by atoms with Gasteiger partial charge in [0.15, 0.2) is 16.6 Å². The fraction of sp³-hybridized carbons (Fsp3) is 0.235. The summed E-state index contributed by atoms with van der Waals surface area (Å²) in [5, 5.41) is 3.73. The van der Waals surface area contributed by atoms with Crippen molar-refractivity contribution in [3.8, 4) is 11.5 Å². The second-order valence-corrected chi connectivity index (χ2v) is 5.47. The number of hydrogen-bond donors (Lipinski definition) is 1. The standard InChI is InChI=1S/C17H17FN2O2S/c1-2-19-17(23)20(14-6-4-13(18)5-7-14)10-12-3-8-15-16(9-12)22-11-21-15/h3-9H,2,10-11H2,1H3,(H,19,23). The van der Waals surface area contributed by atoms with Crippen LogP contribution in [-0.2, 0) is 6.54 Å². The molecule has 23 heavy (non-hydrogen) atoms. The molecule has 0 amide bonds. The quantitative estimate of drug-likeness (QED) is 0.867. The van der Waals surface area contributed by atoms with Gasteiger partial charge in [-0.3, -0.25) is 0 Å². The van der Waals surface area contributed by atoms with E-state index in [2.05, 4.69) is 5.32 Å². The van der Waals surface area contributed by atoms with Crippen LogP contribution in [0.3, 0.4) is 0 Å². The minimum Gasteiger partial charge on any atom is -0.454 e. The van der Waals surface area contributed by atoms with Crippen LogP contribution < -0.4 is 19.7 Å². The van der Waals surface area contributed by atoms with Crippen LogP contribution in [0.4, 0.5) is 10.1 Å². The smallest absolute Gasteiger partial charge is 0.231 e. The van der Waals surface area contributed by atoms with E-state index < -0.39 is 0 Å². The number of fused-ring (bicyclic) bond motifs is 1. The lowest BCUT2D eigenvalue weighted by atomic mass is 10.1. The van der Waals surface area contributed by atoms with Crippen molar-refractivity contribution in [3.05, 3.63) is 53.8 Å². The summed E-state index contributed by atoms with van der Waals surface area (Å²) in [6.07, 6.45) is 0. The van der Waals surface area contributed by atoms with Gasteiger partial charge in [-0.25, -0.2) is 4.39 Å². The lowest BCUT2D eigenvalue weighted by Crippen LogP contribution is -2.39. The van der Waals surface area contributed by atoms with Crippen molar-refractivity contribution >= 4 is 23.0 Å². The SMILES string of the molecule is CCNC(=S)N(Cc1ccc2c(c1)OCO2)c1ccc(F)cc1. The monoisotopic (exact) mass is 332 g/mol. The zero-order valence-electron chi connectivity index (χ0n) is 12.7. The number of rotatable bonds is 4. The Kier molecular flexibility index (Phi) is 4.62. The van der Waals surface area contributed by atoms with E-state index in [0.29, 0.717) is 11.7 Å². The van der Waals surface area contributed by atoms with E-state index in [-0.39, 0.29) is 12.6 Å². The maximum atomic E-state index is 13.2. The molecule has 1 heterocycles. The van der Waals surface area contributed by atoms with E-state index in [1.807, 2.05) is 30.0 Å². The van der Waals surface area contributed by atoms with Gasteiger partial charge in [0, 0.05) is 12.2 Å². The maximum absolute atomic E-state index is 13.2. The largest absolute Gasteiger partial charge is 0.454 e. The highest BCUT2D eigenvalue weighted by atomic mass is 32.1. The highest BCUT2D eigenvalue weighted by Gasteiger charge is 2.17. The first kappa shape index (κ1) is 15.6. The van der Waals surface area contributed by atoms with Gasteiger partial charge < -0.3 is 19.7 Å². The molecule has 0 unspecified atom stereocenters. The molecule has 1 N–H and O–H groups in total. The van der Waals surface area contributed by atoms with Crippen molar-refractivity contribution in [2.75, 3.05) is 18.2 Å². The van der Waals surface area contributed by atoms with E-state index in [9.17, 15) is 4.39 Å². The third kappa shape index (κ3) is 3.53. The number of anilines is 1. The number of thiocarbonyl (C=S) groups is 1. The molecule has 4 nitrogen and oxygen atoms in total. The summed E-state index contributed by atoms with van der Waals surface area (Å²) in [4.78, 5) is 1.93. The molecule has 0 aliphatic carbocycles. The van der Waals surface area contributed by atoms with Gasteiger partial charge in [0.25, 0.3) is 0 Å². The summed E-state index contributed by atoms with van der Waals surface area (Å²) in [5.74, 6) is 1.21. The average molecular weight is 332 g/mol. The minimum atomic E-state index is -0.272. The molecule has 2 aromatic carbocycles. The second-order valence-electron chi connectivity index (χ2n) is 5.09. The topological polar surface area (TPSA) is 33.7 Å². The molecular formula is C17H17FN2O2S. The molecule has 0 atom stereocenters. The van der Waals surface area contributed by atoms with E-state index in [4.69, 9.17) is 21.7 Å². The van der Waals surface area contributed by atoms with Gasteiger partial charge in [0.05, 0.1) is 6.54 Å². The Bertz CT molecular complexity index is 706. The van der Waals surface area contributed by atoms with Gasteiger partial charge in [0.1, 0.15) is 5.82 Å². The van der Waals surface area contributed by atoms with Crippen LogP contribution in [0.1, 0.15) is 12.5 Å². The number of benzene rings is 2. The molecule has 120 valence electrons. The maximum Gasteiger partial charge on any atom is 0.231 e. The molecule has 6 heteroatoms. The van der Waals surface area contributed by atoms with Crippen LogP contribution >= 0.6 is 12.2 Å². The fourth-order valence-electron chi connectivity index (χ4n) is 2.37. The number of hydrogen-bond acceptors (Lipinski definition) is 3. The van der Waals surface area contributed by atoms with Crippen LogP contribution in [0.2, 0.25) is 0 Å². The molecule has 0 spiro atoms. The molecular weight excluding hydrogens is 315 g/mol. The Labute approximate surface area is 139 Å². The van der Waals surface area contributed by atoms with Gasteiger partial charge in [-0.15, -0.1) is 0 Å². The van der Waals surface area contributed by atoms with Crippen molar-refractivity contribution in [2.24, 2.45) is 0 Å². The first-order chi connectivity index (χ1) is 11.2. The first-order valence-corrected chi connectivity index (χ1v) is 7.77. The Morgan fingerprint density at radius 3 is 2.65 bits per heavy atom. The van der Waals surface area contributed by atoms with Crippen LogP contribution in [-0.4, -0.2) is 18.5 Å². The minimum absolute atomic E-state index is 0.246. The summed E-state index contributed by atoms with van der Waals surface area (Å²) >= 11 is 5.45. The van der Waals surface area contributed by atoms with Crippen molar-refractivity contribution in [2.45, 2.75) is 13.5 Å². The third-order valence-electron chi connectivity index (χ3n) is 3.49. The Morgan fingerprint density at radius 2 is 1.91 bits per heavy atom. The van der Waals surface area contributed by atoms with Gasteiger partial charge in [-0.05, 0) is 61.1 Å². The van der Waals surface area contributed by atoms with Crippen LogP contribution in [0.15, 0.2) is 42.5 Å². The van der Waals surface area contributed by atoms with E-state index in [1.165, 1.54) is 12.1 Å². The van der Waals surface area contributed by atoms with E-state index >= 15 is 0 Å². The highest BCUT2D eigenvalue weighted by molar-refractivity contribution is 7.80. The third-order valence-corrected chi connectivity index (χ3v) is 3.85. The van der Waals surface area contributed by atoms with E-state index in [1.54, 1.807) is 12.1 Å². The normalized spacial score (nSPS) is 12.1. The lowest BCUT2D eigenvalue weighted by Gasteiger charge is -2.26. The number of nitrogens with zero attached hydrogens (tertiary/aromatic N) is 1. The first-order valence-electron chi connectivity index (χ1n) is 7.37.